The van der Waals surface area contributed by atoms with E-state index < -0.39 is 38.3 Å². The van der Waals surface area contributed by atoms with Crippen molar-refractivity contribution in [3.05, 3.63) is 83.6 Å². The highest BCUT2D eigenvalue weighted by molar-refractivity contribution is 7.92. The van der Waals surface area contributed by atoms with E-state index in [1.807, 2.05) is 0 Å². The number of piperidine rings is 1. The van der Waals surface area contributed by atoms with Gasteiger partial charge >= 0.3 is 0 Å². The summed E-state index contributed by atoms with van der Waals surface area (Å²) in [5, 5.41) is 2.97. The van der Waals surface area contributed by atoms with Crippen molar-refractivity contribution in [2.24, 2.45) is 0 Å². The van der Waals surface area contributed by atoms with Gasteiger partial charge in [-0.05, 0) is 112 Å². The first-order valence-corrected chi connectivity index (χ1v) is 17.0. The fraction of sp³-hybridized carbons (Fsp3) is 0.345. The van der Waals surface area contributed by atoms with Crippen molar-refractivity contribution in [3.8, 4) is 0 Å². The highest BCUT2D eigenvalue weighted by Gasteiger charge is 2.32. The van der Waals surface area contributed by atoms with Gasteiger partial charge < -0.3 is 10.2 Å². The SMILES string of the molecule is O=C(CN(c1ccc(F)cc1)S(=O)(=O)c1ccc(Cl)cc1)Nc1ccc(S(=O)(=O)N2CCC(N3CCCC3)CC2)cc1. The Balaban J connectivity index is 1.27. The van der Waals surface area contributed by atoms with E-state index in [-0.39, 0.29) is 15.5 Å². The van der Waals surface area contributed by atoms with Crippen LogP contribution in [0, 0.1) is 5.82 Å². The van der Waals surface area contributed by atoms with E-state index in [2.05, 4.69) is 10.2 Å². The third-order valence-corrected chi connectivity index (χ3v) is 11.6. The first-order valence-electron chi connectivity index (χ1n) is 13.7. The number of likely N-dealkylation sites (tertiary alicyclic amines) is 1. The number of sulfonamides is 2. The Kier molecular flexibility index (Phi) is 9.19. The van der Waals surface area contributed by atoms with E-state index in [0.29, 0.717) is 29.8 Å². The van der Waals surface area contributed by atoms with Crippen LogP contribution in [0.15, 0.2) is 82.6 Å². The molecule has 5 rings (SSSR count). The molecule has 2 fully saturated rings. The van der Waals surface area contributed by atoms with Crippen molar-refractivity contribution in [2.75, 3.05) is 42.3 Å². The Morgan fingerprint density at radius 1 is 0.833 bits per heavy atom. The second kappa shape index (κ2) is 12.7. The molecule has 0 radical (unpaired) electrons. The number of hydrogen-bond acceptors (Lipinski definition) is 6. The van der Waals surface area contributed by atoms with Crippen molar-refractivity contribution in [2.45, 2.75) is 41.5 Å². The standard InChI is InChI=1S/C29H32ClFN4O5S2/c30-22-3-11-28(12-4-22)42(39,40)35(26-9-5-23(31)6-10-26)21-29(36)32-24-7-13-27(14-8-24)41(37,38)34-19-15-25(16-20-34)33-17-1-2-18-33/h3-14,25H,1-2,15-21H2,(H,32,36). The molecule has 1 N–H and O–H groups in total. The molecule has 2 saturated heterocycles. The zero-order valence-corrected chi connectivity index (χ0v) is 25.2. The van der Waals surface area contributed by atoms with Crippen molar-refractivity contribution in [1.82, 2.24) is 9.21 Å². The molecule has 2 aliphatic rings. The molecule has 1 amide bonds. The van der Waals surface area contributed by atoms with Gasteiger partial charge in [-0.1, -0.05) is 11.6 Å². The average molecular weight is 635 g/mol. The van der Waals surface area contributed by atoms with Crippen LogP contribution in [0.5, 0.6) is 0 Å². The lowest BCUT2D eigenvalue weighted by Crippen LogP contribution is -2.45. The molecule has 0 aromatic heterocycles. The van der Waals surface area contributed by atoms with Crippen molar-refractivity contribution in [1.29, 1.82) is 0 Å². The van der Waals surface area contributed by atoms with Gasteiger partial charge in [0, 0.05) is 29.8 Å². The van der Waals surface area contributed by atoms with Gasteiger partial charge in [0.05, 0.1) is 15.5 Å². The second-order valence-corrected chi connectivity index (χ2v) is 14.6. The fourth-order valence-corrected chi connectivity index (χ4v) is 8.42. The van der Waals surface area contributed by atoms with Gasteiger partial charge in [-0.2, -0.15) is 4.31 Å². The van der Waals surface area contributed by atoms with E-state index in [0.717, 1.165) is 42.4 Å². The third kappa shape index (κ3) is 6.78. The van der Waals surface area contributed by atoms with Crippen LogP contribution < -0.4 is 9.62 Å². The highest BCUT2D eigenvalue weighted by Crippen LogP contribution is 2.27. The van der Waals surface area contributed by atoms with Gasteiger partial charge in [0.15, 0.2) is 0 Å². The summed E-state index contributed by atoms with van der Waals surface area (Å²) in [6.07, 6.45) is 4.00. The van der Waals surface area contributed by atoms with E-state index in [4.69, 9.17) is 11.6 Å². The maximum atomic E-state index is 13.6. The maximum Gasteiger partial charge on any atom is 0.264 e. The Morgan fingerprint density at radius 3 is 2.00 bits per heavy atom. The molecule has 9 nitrogen and oxygen atoms in total. The summed E-state index contributed by atoms with van der Waals surface area (Å²) < 4.78 is 69.4. The second-order valence-electron chi connectivity index (χ2n) is 10.4. The summed E-state index contributed by atoms with van der Waals surface area (Å²) >= 11 is 5.91. The molecule has 3 aromatic rings. The minimum absolute atomic E-state index is 0.0939. The van der Waals surface area contributed by atoms with Crippen LogP contribution in [-0.4, -0.2) is 70.7 Å². The number of carbonyl (C=O) groups is 1. The first kappa shape index (κ1) is 30.4. The summed E-state index contributed by atoms with van der Waals surface area (Å²) in [7, 11) is -7.91. The molecule has 0 bridgehead atoms. The Bertz CT molecular complexity index is 1610. The molecule has 0 aliphatic carbocycles. The minimum atomic E-state index is -4.22. The molecule has 224 valence electrons. The number of amides is 1. The lowest BCUT2D eigenvalue weighted by molar-refractivity contribution is -0.114. The van der Waals surface area contributed by atoms with Crippen LogP contribution in [0.25, 0.3) is 0 Å². The number of hydrogen-bond donors (Lipinski definition) is 1. The Morgan fingerprint density at radius 2 is 1.40 bits per heavy atom. The number of carbonyl (C=O) groups excluding carboxylic acids is 1. The van der Waals surface area contributed by atoms with Crippen LogP contribution in [0.3, 0.4) is 0 Å². The molecule has 0 unspecified atom stereocenters. The first-order chi connectivity index (χ1) is 20.0. The van der Waals surface area contributed by atoms with Gasteiger partial charge in [-0.15, -0.1) is 0 Å². The molecular formula is C29H32ClFN4O5S2. The van der Waals surface area contributed by atoms with Gasteiger partial charge in [-0.3, -0.25) is 9.10 Å². The summed E-state index contributed by atoms with van der Waals surface area (Å²) in [6.45, 7) is 2.48. The van der Waals surface area contributed by atoms with Crippen LogP contribution in [-0.2, 0) is 24.8 Å². The normalized spacial score (nSPS) is 17.3. The largest absolute Gasteiger partial charge is 0.325 e. The lowest BCUT2D eigenvalue weighted by Gasteiger charge is -2.36. The highest BCUT2D eigenvalue weighted by atomic mass is 35.5. The lowest BCUT2D eigenvalue weighted by atomic mass is 10.1. The van der Waals surface area contributed by atoms with Crippen LogP contribution in [0.1, 0.15) is 25.7 Å². The summed E-state index contributed by atoms with van der Waals surface area (Å²) in [4.78, 5) is 15.5. The van der Waals surface area contributed by atoms with Crippen molar-refractivity contribution >= 4 is 48.9 Å². The van der Waals surface area contributed by atoms with E-state index in [1.165, 1.54) is 77.8 Å². The molecule has 13 heteroatoms. The summed E-state index contributed by atoms with van der Waals surface area (Å²) in [6, 6.07) is 16.4. The Hall–Kier alpha value is -3.03. The summed E-state index contributed by atoms with van der Waals surface area (Å²) in [5.41, 5.74) is 0.395. The molecule has 2 heterocycles. The number of nitrogens with one attached hydrogen (secondary N) is 1. The number of halogens is 2. The van der Waals surface area contributed by atoms with Crippen molar-refractivity contribution < 1.29 is 26.0 Å². The molecule has 42 heavy (non-hydrogen) atoms. The van der Waals surface area contributed by atoms with Crippen molar-refractivity contribution in [3.63, 3.8) is 0 Å². The van der Waals surface area contributed by atoms with Crippen LogP contribution in [0.4, 0.5) is 15.8 Å². The zero-order chi connectivity index (χ0) is 29.9. The third-order valence-electron chi connectivity index (χ3n) is 7.66. The molecule has 0 spiro atoms. The monoisotopic (exact) mass is 634 g/mol. The maximum absolute atomic E-state index is 13.6. The van der Waals surface area contributed by atoms with Crippen LogP contribution >= 0.6 is 11.6 Å². The molecule has 3 aromatic carbocycles. The molecule has 2 aliphatic heterocycles. The van der Waals surface area contributed by atoms with Gasteiger partial charge in [-0.25, -0.2) is 21.2 Å². The van der Waals surface area contributed by atoms with E-state index in [9.17, 15) is 26.0 Å². The molecule has 0 atom stereocenters. The van der Waals surface area contributed by atoms with Crippen LogP contribution in [0.2, 0.25) is 5.02 Å². The minimum Gasteiger partial charge on any atom is -0.325 e. The Labute approximate surface area is 251 Å². The zero-order valence-electron chi connectivity index (χ0n) is 22.8. The number of rotatable bonds is 9. The predicted octanol–water partition coefficient (Wildman–Crippen LogP) is 4.56. The van der Waals surface area contributed by atoms with E-state index in [1.54, 1.807) is 0 Å². The fourth-order valence-electron chi connectivity index (χ4n) is 5.40. The van der Waals surface area contributed by atoms with Gasteiger partial charge in [0.1, 0.15) is 12.4 Å². The number of nitrogens with zero attached hydrogens (tertiary/aromatic N) is 3. The summed E-state index contributed by atoms with van der Waals surface area (Å²) in [5.74, 6) is -1.23. The molecular weight excluding hydrogens is 603 g/mol. The smallest absolute Gasteiger partial charge is 0.264 e. The van der Waals surface area contributed by atoms with E-state index >= 15 is 0 Å². The average Bonchev–Trinajstić information content (AvgIpc) is 3.52. The number of anilines is 2. The topological polar surface area (TPSA) is 107 Å². The quantitative estimate of drug-likeness (QED) is 0.370. The van der Waals surface area contributed by atoms with Gasteiger partial charge in [0.2, 0.25) is 15.9 Å². The van der Waals surface area contributed by atoms with Gasteiger partial charge in [0.25, 0.3) is 10.0 Å². The molecule has 0 saturated carbocycles. The number of benzene rings is 3. The predicted molar refractivity (Wildman–Crippen MR) is 160 cm³/mol.